The summed E-state index contributed by atoms with van der Waals surface area (Å²) in [4.78, 5) is 12.3. The highest BCUT2D eigenvalue weighted by Gasteiger charge is 2.13. The number of Topliss-reactive ketones (excluding diaryl/α,β-unsaturated/α-hetero) is 1. The van der Waals surface area contributed by atoms with E-state index in [2.05, 4.69) is 15.9 Å². The number of halogens is 2. The Balaban J connectivity index is 2.28. The fraction of sp³-hybridized carbons (Fsp3) is 0.133. The molecule has 2 aromatic carbocycles. The van der Waals surface area contributed by atoms with E-state index in [-0.39, 0.29) is 17.1 Å². The number of hydrogen-bond donors (Lipinski definition) is 0. The lowest BCUT2D eigenvalue weighted by atomic mass is 10.0. The Kier molecular flexibility index (Phi) is 4.58. The average molecular weight is 371 g/mol. The smallest absolute Gasteiger partial charge is 0.175 e. The Morgan fingerprint density at radius 2 is 1.90 bits per heavy atom. The van der Waals surface area contributed by atoms with Gasteiger partial charge in [-0.3, -0.25) is 4.79 Å². The normalized spacial score (nSPS) is 11.4. The van der Waals surface area contributed by atoms with Crippen molar-refractivity contribution in [1.29, 1.82) is 0 Å². The van der Waals surface area contributed by atoms with Crippen molar-refractivity contribution in [2.24, 2.45) is 0 Å². The van der Waals surface area contributed by atoms with Crippen molar-refractivity contribution in [3.8, 4) is 0 Å². The van der Waals surface area contributed by atoms with Crippen LogP contribution in [0.25, 0.3) is 0 Å². The minimum absolute atomic E-state index is 0.00355. The number of carbonyl (C=O) groups is 1. The van der Waals surface area contributed by atoms with Crippen molar-refractivity contribution in [2.75, 3.05) is 6.26 Å². The molecule has 0 radical (unpaired) electrons. The molecule has 2 rings (SSSR count). The van der Waals surface area contributed by atoms with Gasteiger partial charge < -0.3 is 0 Å². The summed E-state index contributed by atoms with van der Waals surface area (Å²) in [6, 6.07) is 10.1. The highest BCUT2D eigenvalue weighted by Crippen LogP contribution is 2.18. The average Bonchev–Trinajstić information content (AvgIpc) is 2.36. The zero-order chi connectivity index (χ0) is 15.6. The molecular formula is C15H12BrFO3S. The molecule has 0 saturated heterocycles. The van der Waals surface area contributed by atoms with Gasteiger partial charge in [-0.05, 0) is 35.9 Å². The van der Waals surface area contributed by atoms with Gasteiger partial charge in [-0.25, -0.2) is 12.8 Å². The highest BCUT2D eigenvalue weighted by molar-refractivity contribution is 9.10. The molecule has 6 heteroatoms. The van der Waals surface area contributed by atoms with Crippen LogP contribution in [0.5, 0.6) is 0 Å². The summed E-state index contributed by atoms with van der Waals surface area (Å²) in [7, 11) is -3.36. The number of sulfone groups is 1. The second-order valence-electron chi connectivity index (χ2n) is 4.68. The van der Waals surface area contributed by atoms with Crippen molar-refractivity contribution in [1.82, 2.24) is 0 Å². The third-order valence-corrected chi connectivity index (χ3v) is 4.44. The van der Waals surface area contributed by atoms with Crippen molar-refractivity contribution < 1.29 is 17.6 Å². The number of carbonyl (C=O) groups excluding carboxylic acids is 1. The molecule has 110 valence electrons. The molecule has 0 spiro atoms. The number of ketones is 1. The molecule has 0 aliphatic rings. The maximum Gasteiger partial charge on any atom is 0.175 e. The monoisotopic (exact) mass is 370 g/mol. The van der Waals surface area contributed by atoms with Crippen LogP contribution in [-0.2, 0) is 16.3 Å². The van der Waals surface area contributed by atoms with E-state index in [9.17, 15) is 17.6 Å². The molecule has 0 N–H and O–H groups in total. The Morgan fingerprint density at radius 1 is 1.19 bits per heavy atom. The summed E-state index contributed by atoms with van der Waals surface area (Å²) < 4.78 is 36.8. The minimum atomic E-state index is -3.36. The van der Waals surface area contributed by atoms with Crippen LogP contribution in [0, 0.1) is 5.82 Å². The minimum Gasteiger partial charge on any atom is -0.294 e. The van der Waals surface area contributed by atoms with Gasteiger partial charge >= 0.3 is 0 Å². The highest BCUT2D eigenvalue weighted by atomic mass is 79.9. The van der Waals surface area contributed by atoms with Gasteiger partial charge in [0.15, 0.2) is 15.6 Å². The molecule has 0 atom stereocenters. The predicted octanol–water partition coefficient (Wildman–Crippen LogP) is 3.42. The van der Waals surface area contributed by atoms with E-state index in [0.717, 1.165) is 6.26 Å². The first-order valence-corrected chi connectivity index (χ1v) is 8.72. The molecule has 0 unspecified atom stereocenters. The molecule has 0 bridgehead atoms. The maximum atomic E-state index is 13.3. The van der Waals surface area contributed by atoms with Gasteiger partial charge in [0.25, 0.3) is 0 Å². The number of hydrogen-bond acceptors (Lipinski definition) is 3. The van der Waals surface area contributed by atoms with Crippen LogP contribution in [0.4, 0.5) is 4.39 Å². The topological polar surface area (TPSA) is 51.2 Å². The first-order valence-electron chi connectivity index (χ1n) is 6.04. The Bertz CT molecular complexity index is 780. The lowest BCUT2D eigenvalue weighted by Crippen LogP contribution is -2.06. The van der Waals surface area contributed by atoms with E-state index in [0.29, 0.717) is 15.6 Å². The molecule has 0 fully saturated rings. The molecule has 0 aromatic heterocycles. The summed E-state index contributed by atoms with van der Waals surface area (Å²) in [5.74, 6) is -0.699. The predicted molar refractivity (Wildman–Crippen MR) is 81.7 cm³/mol. The molecule has 0 aliphatic heterocycles. The summed E-state index contributed by atoms with van der Waals surface area (Å²) in [6.45, 7) is 0. The van der Waals surface area contributed by atoms with E-state index in [1.807, 2.05) is 0 Å². The molecule has 0 amide bonds. The quantitative estimate of drug-likeness (QED) is 0.774. The van der Waals surface area contributed by atoms with E-state index < -0.39 is 15.7 Å². The van der Waals surface area contributed by atoms with Crippen LogP contribution >= 0.6 is 15.9 Å². The fourth-order valence-corrected chi connectivity index (χ4v) is 3.08. The van der Waals surface area contributed by atoms with Crippen LogP contribution in [0.1, 0.15) is 15.9 Å². The fourth-order valence-electron chi connectivity index (χ4n) is 1.90. The molecular weight excluding hydrogens is 359 g/mol. The van der Waals surface area contributed by atoms with Crippen molar-refractivity contribution in [3.05, 3.63) is 63.9 Å². The second-order valence-corrected chi connectivity index (χ2v) is 7.61. The molecule has 21 heavy (non-hydrogen) atoms. The largest absolute Gasteiger partial charge is 0.294 e. The summed E-state index contributed by atoms with van der Waals surface area (Å²) in [5, 5.41) is 0. The summed E-state index contributed by atoms with van der Waals surface area (Å²) >= 11 is 3.17. The van der Waals surface area contributed by atoms with Gasteiger partial charge in [0, 0.05) is 22.7 Å². The first kappa shape index (κ1) is 15.9. The van der Waals surface area contributed by atoms with Gasteiger partial charge in [-0.15, -0.1) is 0 Å². The second kappa shape index (κ2) is 6.07. The zero-order valence-electron chi connectivity index (χ0n) is 11.1. The number of rotatable bonds is 4. The van der Waals surface area contributed by atoms with E-state index in [1.54, 1.807) is 12.1 Å². The maximum absolute atomic E-state index is 13.3. The number of benzene rings is 2. The lowest BCUT2D eigenvalue weighted by molar-refractivity contribution is 0.0992. The van der Waals surface area contributed by atoms with Crippen LogP contribution in [0.2, 0.25) is 0 Å². The van der Waals surface area contributed by atoms with Gasteiger partial charge in [-0.2, -0.15) is 0 Å². The van der Waals surface area contributed by atoms with Gasteiger partial charge in [-0.1, -0.05) is 28.1 Å². The molecule has 0 saturated carbocycles. The molecule has 2 aromatic rings. The van der Waals surface area contributed by atoms with Crippen LogP contribution < -0.4 is 0 Å². The summed E-state index contributed by atoms with van der Waals surface area (Å²) in [6.07, 6.45) is 1.09. The van der Waals surface area contributed by atoms with E-state index in [1.165, 1.54) is 30.3 Å². The summed E-state index contributed by atoms with van der Waals surface area (Å²) in [5.41, 5.74) is 0.815. The Labute approximate surface area is 130 Å². The van der Waals surface area contributed by atoms with Crippen LogP contribution in [0.15, 0.2) is 51.8 Å². The zero-order valence-corrected chi connectivity index (χ0v) is 13.5. The van der Waals surface area contributed by atoms with E-state index >= 15 is 0 Å². The van der Waals surface area contributed by atoms with Gasteiger partial charge in [0.1, 0.15) is 5.82 Å². The Hall–Kier alpha value is -1.53. The van der Waals surface area contributed by atoms with Gasteiger partial charge in [0.05, 0.1) is 4.90 Å². The van der Waals surface area contributed by atoms with Crippen LogP contribution in [-0.4, -0.2) is 20.5 Å². The van der Waals surface area contributed by atoms with Crippen molar-refractivity contribution in [2.45, 2.75) is 11.3 Å². The standard InChI is InChI=1S/C15H12BrFO3S/c1-21(19,20)14-4-2-3-11(8-14)15(18)7-10-5-12(16)9-13(17)6-10/h2-6,8-9H,7H2,1H3. The van der Waals surface area contributed by atoms with Crippen molar-refractivity contribution >= 4 is 31.6 Å². The molecule has 0 heterocycles. The van der Waals surface area contributed by atoms with Crippen molar-refractivity contribution in [3.63, 3.8) is 0 Å². The first-order chi connectivity index (χ1) is 9.75. The lowest BCUT2D eigenvalue weighted by Gasteiger charge is -2.05. The molecule has 3 nitrogen and oxygen atoms in total. The SMILES string of the molecule is CS(=O)(=O)c1cccc(C(=O)Cc2cc(F)cc(Br)c2)c1. The third-order valence-electron chi connectivity index (χ3n) is 2.87. The van der Waals surface area contributed by atoms with Gasteiger partial charge in [0.2, 0.25) is 0 Å². The third kappa shape index (κ3) is 4.22. The Morgan fingerprint density at radius 3 is 2.52 bits per heavy atom. The van der Waals surface area contributed by atoms with E-state index in [4.69, 9.17) is 0 Å². The van der Waals surface area contributed by atoms with Crippen LogP contribution in [0.3, 0.4) is 0 Å². The molecule has 0 aliphatic carbocycles.